The molecule has 0 nitrogen and oxygen atoms in total. The predicted octanol–water partition coefficient (Wildman–Crippen LogP) is 3.73. The van der Waals surface area contributed by atoms with Gasteiger partial charge in [-0.3, -0.25) is 0 Å². The van der Waals surface area contributed by atoms with Crippen molar-refractivity contribution in [2.45, 2.75) is 31.6 Å². The van der Waals surface area contributed by atoms with Crippen LogP contribution in [0.5, 0.6) is 0 Å². The molecule has 2 saturated carbocycles. The quantitative estimate of drug-likeness (QED) is 0.633. The van der Waals surface area contributed by atoms with Crippen molar-refractivity contribution in [3.8, 4) is 0 Å². The molecule has 2 bridgehead atoms. The summed E-state index contributed by atoms with van der Waals surface area (Å²) < 4.78 is 13.1. The smallest absolute Gasteiger partial charge is 0.123 e. The van der Waals surface area contributed by atoms with Crippen molar-refractivity contribution in [2.75, 3.05) is 0 Å². The molecule has 0 amide bonds. The first kappa shape index (κ1) is 8.46. The summed E-state index contributed by atoms with van der Waals surface area (Å²) in [5.74, 6) is 2.37. The highest BCUT2D eigenvalue weighted by molar-refractivity contribution is 5.23. The fourth-order valence-electron chi connectivity index (χ4n) is 3.39. The molecule has 0 unspecified atom stereocenters. The van der Waals surface area contributed by atoms with E-state index >= 15 is 0 Å². The Morgan fingerprint density at radius 3 is 2.71 bits per heavy atom. The van der Waals surface area contributed by atoms with Crippen molar-refractivity contribution in [1.29, 1.82) is 0 Å². The van der Waals surface area contributed by atoms with Crippen LogP contribution in [0.3, 0.4) is 0 Å². The van der Waals surface area contributed by atoms with E-state index in [1.54, 1.807) is 6.07 Å². The summed E-state index contributed by atoms with van der Waals surface area (Å²) in [4.78, 5) is 0. The second-order valence-corrected chi connectivity index (χ2v) is 4.84. The summed E-state index contributed by atoms with van der Waals surface area (Å²) in [7, 11) is 0. The van der Waals surface area contributed by atoms with E-state index in [2.05, 4.69) is 6.07 Å². The van der Waals surface area contributed by atoms with Crippen LogP contribution in [0.1, 0.15) is 37.2 Å². The first-order valence-electron chi connectivity index (χ1n) is 5.58. The van der Waals surface area contributed by atoms with Crippen molar-refractivity contribution in [1.82, 2.24) is 0 Å². The minimum atomic E-state index is -0.0785. The first-order chi connectivity index (χ1) is 6.83. The van der Waals surface area contributed by atoms with E-state index < -0.39 is 0 Å². The maximum Gasteiger partial charge on any atom is 0.123 e. The zero-order chi connectivity index (χ0) is 9.54. The Bertz CT molecular complexity index is 345. The number of benzene rings is 1. The maximum atomic E-state index is 13.1. The van der Waals surface area contributed by atoms with Crippen LogP contribution < -0.4 is 0 Å². The Labute approximate surface area is 84.1 Å². The lowest BCUT2D eigenvalue weighted by molar-refractivity contribution is 0.418. The average Bonchev–Trinajstić information content (AvgIpc) is 2.78. The van der Waals surface area contributed by atoms with Crippen LogP contribution in [0.2, 0.25) is 0 Å². The first-order valence-corrected chi connectivity index (χ1v) is 5.58. The van der Waals surface area contributed by atoms with Crippen molar-refractivity contribution in [2.24, 2.45) is 11.8 Å². The van der Waals surface area contributed by atoms with Crippen LogP contribution in [-0.4, -0.2) is 0 Å². The highest BCUT2D eigenvalue weighted by atomic mass is 19.1. The molecule has 0 saturated heterocycles. The Morgan fingerprint density at radius 1 is 1.14 bits per heavy atom. The van der Waals surface area contributed by atoms with E-state index in [1.165, 1.54) is 37.3 Å². The topological polar surface area (TPSA) is 0 Å². The molecule has 2 aliphatic carbocycles. The largest absolute Gasteiger partial charge is 0.207 e. The van der Waals surface area contributed by atoms with Crippen molar-refractivity contribution < 1.29 is 4.39 Å². The fraction of sp³-hybridized carbons (Fsp3) is 0.538. The normalized spacial score (nSPS) is 35.1. The molecule has 0 aromatic heterocycles. The Balaban J connectivity index is 1.89. The number of fused-ring (bicyclic) bond motifs is 2. The van der Waals surface area contributed by atoms with Crippen molar-refractivity contribution in [3.05, 3.63) is 35.6 Å². The number of rotatable bonds is 1. The van der Waals surface area contributed by atoms with Gasteiger partial charge in [0.1, 0.15) is 5.82 Å². The van der Waals surface area contributed by atoms with Gasteiger partial charge in [-0.15, -0.1) is 0 Å². The third kappa shape index (κ3) is 1.26. The van der Waals surface area contributed by atoms with Gasteiger partial charge in [-0.05, 0) is 54.7 Å². The van der Waals surface area contributed by atoms with Crippen LogP contribution in [0.4, 0.5) is 4.39 Å². The third-order valence-electron chi connectivity index (χ3n) is 4.01. The molecule has 2 fully saturated rings. The van der Waals surface area contributed by atoms with Gasteiger partial charge in [0.05, 0.1) is 0 Å². The molecule has 3 rings (SSSR count). The standard InChI is InChI=1S/C13H15F/c14-12-3-1-2-10(8-12)13-7-9-4-5-11(13)6-9/h1-3,8-9,11,13H,4-7H2/t9-,11+,13-/m0/s1. The summed E-state index contributed by atoms with van der Waals surface area (Å²) in [6, 6.07) is 7.20. The molecule has 1 aromatic carbocycles. The van der Waals surface area contributed by atoms with Crippen LogP contribution in [0.25, 0.3) is 0 Å². The van der Waals surface area contributed by atoms with E-state index in [0.717, 1.165) is 11.8 Å². The third-order valence-corrected chi connectivity index (χ3v) is 4.01. The summed E-state index contributed by atoms with van der Waals surface area (Å²) in [6.07, 6.45) is 5.47. The van der Waals surface area contributed by atoms with E-state index in [0.29, 0.717) is 5.92 Å². The number of halogens is 1. The van der Waals surface area contributed by atoms with Crippen molar-refractivity contribution >= 4 is 0 Å². The van der Waals surface area contributed by atoms with Gasteiger partial charge in [-0.1, -0.05) is 18.6 Å². The van der Waals surface area contributed by atoms with Gasteiger partial charge >= 0.3 is 0 Å². The lowest BCUT2D eigenvalue weighted by Gasteiger charge is -2.21. The second kappa shape index (κ2) is 3.08. The fourth-order valence-corrected chi connectivity index (χ4v) is 3.39. The second-order valence-electron chi connectivity index (χ2n) is 4.84. The monoisotopic (exact) mass is 190 g/mol. The van der Waals surface area contributed by atoms with Gasteiger partial charge < -0.3 is 0 Å². The lowest BCUT2D eigenvalue weighted by atomic mass is 9.83. The zero-order valence-electron chi connectivity index (χ0n) is 8.25. The highest BCUT2D eigenvalue weighted by Gasteiger charge is 2.39. The molecule has 14 heavy (non-hydrogen) atoms. The van der Waals surface area contributed by atoms with Gasteiger partial charge in [-0.2, -0.15) is 0 Å². The molecular weight excluding hydrogens is 175 g/mol. The van der Waals surface area contributed by atoms with Gasteiger partial charge in [0.25, 0.3) is 0 Å². The lowest BCUT2D eigenvalue weighted by Crippen LogP contribution is -2.08. The van der Waals surface area contributed by atoms with E-state index in [9.17, 15) is 4.39 Å². The van der Waals surface area contributed by atoms with Gasteiger partial charge in [0, 0.05) is 0 Å². The molecule has 0 aliphatic heterocycles. The minimum Gasteiger partial charge on any atom is -0.207 e. The summed E-state index contributed by atoms with van der Waals surface area (Å²) >= 11 is 0. The van der Waals surface area contributed by atoms with Crippen LogP contribution >= 0.6 is 0 Å². The molecule has 2 aliphatic rings. The van der Waals surface area contributed by atoms with E-state index in [-0.39, 0.29) is 5.82 Å². The van der Waals surface area contributed by atoms with E-state index in [1.807, 2.05) is 6.07 Å². The van der Waals surface area contributed by atoms with E-state index in [4.69, 9.17) is 0 Å². The van der Waals surface area contributed by atoms with Crippen LogP contribution in [-0.2, 0) is 0 Å². The highest BCUT2D eigenvalue weighted by Crippen LogP contribution is 2.52. The van der Waals surface area contributed by atoms with Gasteiger partial charge in [0.2, 0.25) is 0 Å². The zero-order valence-corrected chi connectivity index (χ0v) is 8.25. The predicted molar refractivity (Wildman–Crippen MR) is 54.6 cm³/mol. The molecule has 0 heterocycles. The molecule has 3 atom stereocenters. The molecule has 1 aromatic rings. The SMILES string of the molecule is Fc1cccc([C@@H]2C[C@H]3CC[C@@H]2C3)c1. The van der Waals surface area contributed by atoms with Gasteiger partial charge in [0.15, 0.2) is 0 Å². The molecule has 0 N–H and O–H groups in total. The summed E-state index contributed by atoms with van der Waals surface area (Å²) in [5, 5.41) is 0. The molecule has 0 radical (unpaired) electrons. The van der Waals surface area contributed by atoms with Crippen LogP contribution in [0.15, 0.2) is 24.3 Å². The molecule has 1 heteroatoms. The Morgan fingerprint density at radius 2 is 2.07 bits per heavy atom. The summed E-state index contributed by atoms with van der Waals surface area (Å²) in [5.41, 5.74) is 1.23. The summed E-state index contributed by atoms with van der Waals surface area (Å²) in [6.45, 7) is 0. The van der Waals surface area contributed by atoms with Gasteiger partial charge in [-0.25, -0.2) is 4.39 Å². The molecular formula is C13H15F. The Hall–Kier alpha value is -0.850. The maximum absolute atomic E-state index is 13.1. The van der Waals surface area contributed by atoms with Crippen LogP contribution in [0, 0.1) is 17.7 Å². The van der Waals surface area contributed by atoms with Crippen molar-refractivity contribution in [3.63, 3.8) is 0 Å². The average molecular weight is 190 g/mol. The minimum absolute atomic E-state index is 0.0785. The number of hydrogen-bond acceptors (Lipinski definition) is 0. The molecule has 74 valence electrons. The number of hydrogen-bond donors (Lipinski definition) is 0. The molecule has 0 spiro atoms. The Kier molecular flexibility index (Phi) is 1.86.